The largest absolute Gasteiger partial charge is 0.493 e. The van der Waals surface area contributed by atoms with Crippen LogP contribution < -0.4 is 4.74 Å². The summed E-state index contributed by atoms with van der Waals surface area (Å²) in [5.74, 6) is 0.872. The first-order chi connectivity index (χ1) is 10.3. The Hall–Kier alpha value is -1.88. The van der Waals surface area contributed by atoms with Crippen LogP contribution in [0.25, 0.3) is 16.2 Å². The van der Waals surface area contributed by atoms with Crippen LogP contribution in [-0.2, 0) is 6.42 Å². The second-order valence-electron chi connectivity index (χ2n) is 4.88. The summed E-state index contributed by atoms with van der Waals surface area (Å²) >= 11 is 1.67. The molecule has 3 aromatic rings. The number of unbranched alkanes of at least 4 members (excludes halogenated alkanes) is 1. The minimum absolute atomic E-state index is 0.651. The van der Waals surface area contributed by atoms with Crippen molar-refractivity contribution in [2.75, 3.05) is 6.61 Å². The Labute approximate surface area is 128 Å². The van der Waals surface area contributed by atoms with Gasteiger partial charge in [0.1, 0.15) is 10.8 Å². The first-order valence-corrected chi connectivity index (χ1v) is 8.20. The third-order valence-corrected chi connectivity index (χ3v) is 4.27. The topological polar surface area (TPSA) is 39.4 Å². The van der Waals surface area contributed by atoms with Gasteiger partial charge in [-0.3, -0.25) is 0 Å². The summed E-state index contributed by atoms with van der Waals surface area (Å²) in [6.07, 6.45) is 5.39. The molecule has 2 heterocycles. The van der Waals surface area contributed by atoms with E-state index in [4.69, 9.17) is 9.72 Å². The molecule has 0 amide bonds. The number of imidazole rings is 1. The van der Waals surface area contributed by atoms with E-state index in [0.29, 0.717) is 6.61 Å². The standard InChI is InChI=1S/C16H19N3OS/c1-3-5-10-15-18-19-11-13(17-16(19)21-15)12-8-6-7-9-14(12)20-4-2/h6-9,11H,3-5,10H2,1-2H3. The predicted octanol–water partition coefficient (Wildman–Crippen LogP) is 4.20. The highest BCUT2D eigenvalue weighted by Gasteiger charge is 2.12. The number of benzene rings is 1. The molecule has 110 valence electrons. The molecule has 0 saturated heterocycles. The molecule has 0 spiro atoms. The third-order valence-electron chi connectivity index (χ3n) is 3.29. The van der Waals surface area contributed by atoms with Gasteiger partial charge < -0.3 is 4.74 Å². The molecule has 0 aliphatic heterocycles. The van der Waals surface area contributed by atoms with E-state index in [9.17, 15) is 0 Å². The smallest absolute Gasteiger partial charge is 0.212 e. The van der Waals surface area contributed by atoms with Gasteiger partial charge in [-0.1, -0.05) is 36.8 Å². The highest BCUT2D eigenvalue weighted by molar-refractivity contribution is 7.16. The molecule has 0 atom stereocenters. The molecule has 1 aromatic carbocycles. The minimum atomic E-state index is 0.651. The molecule has 0 aliphatic rings. The van der Waals surface area contributed by atoms with Crippen molar-refractivity contribution in [1.82, 2.24) is 14.6 Å². The molecular formula is C16H19N3OS. The zero-order valence-electron chi connectivity index (χ0n) is 12.4. The third kappa shape index (κ3) is 2.93. The van der Waals surface area contributed by atoms with Crippen molar-refractivity contribution in [3.8, 4) is 17.0 Å². The van der Waals surface area contributed by atoms with E-state index >= 15 is 0 Å². The van der Waals surface area contributed by atoms with Gasteiger partial charge in [0.15, 0.2) is 0 Å². The van der Waals surface area contributed by atoms with E-state index < -0.39 is 0 Å². The van der Waals surface area contributed by atoms with Crippen molar-refractivity contribution in [3.63, 3.8) is 0 Å². The highest BCUT2D eigenvalue weighted by Crippen LogP contribution is 2.30. The summed E-state index contributed by atoms with van der Waals surface area (Å²) < 4.78 is 7.56. The Bertz CT molecular complexity index is 701. The average molecular weight is 301 g/mol. The number of hydrogen-bond donors (Lipinski definition) is 0. The lowest BCUT2D eigenvalue weighted by Gasteiger charge is -2.07. The molecule has 5 heteroatoms. The SMILES string of the molecule is CCCCc1nn2cc(-c3ccccc3OCC)nc2s1. The Morgan fingerprint density at radius 1 is 1.24 bits per heavy atom. The molecular weight excluding hydrogens is 282 g/mol. The van der Waals surface area contributed by atoms with Gasteiger partial charge >= 0.3 is 0 Å². The molecule has 0 fully saturated rings. The minimum Gasteiger partial charge on any atom is -0.493 e. The normalized spacial score (nSPS) is 11.1. The van der Waals surface area contributed by atoms with E-state index in [1.807, 2.05) is 41.9 Å². The number of hydrogen-bond acceptors (Lipinski definition) is 4. The molecule has 0 radical (unpaired) electrons. The number of nitrogens with zero attached hydrogens (tertiary/aromatic N) is 3. The molecule has 4 nitrogen and oxygen atoms in total. The number of aryl methyl sites for hydroxylation is 1. The molecule has 21 heavy (non-hydrogen) atoms. The number of fused-ring (bicyclic) bond motifs is 1. The van der Waals surface area contributed by atoms with E-state index in [1.54, 1.807) is 11.3 Å². The molecule has 0 N–H and O–H groups in total. The Balaban J connectivity index is 1.93. The quantitative estimate of drug-likeness (QED) is 0.685. The first-order valence-electron chi connectivity index (χ1n) is 7.39. The predicted molar refractivity (Wildman–Crippen MR) is 86.1 cm³/mol. The lowest BCUT2D eigenvalue weighted by atomic mass is 10.1. The molecule has 0 unspecified atom stereocenters. The molecule has 0 bridgehead atoms. The molecule has 2 aromatic heterocycles. The lowest BCUT2D eigenvalue weighted by molar-refractivity contribution is 0.341. The average Bonchev–Trinajstić information content (AvgIpc) is 3.04. The van der Waals surface area contributed by atoms with E-state index in [2.05, 4.69) is 12.0 Å². The van der Waals surface area contributed by atoms with Gasteiger partial charge in [-0.05, 0) is 25.5 Å². The summed E-state index contributed by atoms with van der Waals surface area (Å²) in [5.41, 5.74) is 1.94. The second kappa shape index (κ2) is 6.26. The van der Waals surface area contributed by atoms with Crippen molar-refractivity contribution in [2.24, 2.45) is 0 Å². The van der Waals surface area contributed by atoms with Crippen LogP contribution in [0.4, 0.5) is 0 Å². The van der Waals surface area contributed by atoms with Gasteiger partial charge in [-0.15, -0.1) is 0 Å². The van der Waals surface area contributed by atoms with Crippen LogP contribution >= 0.6 is 11.3 Å². The Kier molecular flexibility index (Phi) is 4.20. The van der Waals surface area contributed by atoms with Gasteiger partial charge in [-0.25, -0.2) is 9.50 Å². The fourth-order valence-electron chi connectivity index (χ4n) is 2.26. The lowest BCUT2D eigenvalue weighted by Crippen LogP contribution is -1.93. The van der Waals surface area contributed by atoms with Gasteiger partial charge in [0, 0.05) is 12.0 Å². The Morgan fingerprint density at radius 2 is 2.10 bits per heavy atom. The maximum absolute atomic E-state index is 5.67. The summed E-state index contributed by atoms with van der Waals surface area (Å²) in [5, 5.41) is 5.76. The maximum Gasteiger partial charge on any atom is 0.212 e. The van der Waals surface area contributed by atoms with Crippen LogP contribution in [0.1, 0.15) is 31.7 Å². The van der Waals surface area contributed by atoms with Crippen LogP contribution in [0, 0.1) is 0 Å². The number of para-hydroxylation sites is 1. The number of aromatic nitrogens is 3. The summed E-state index contributed by atoms with van der Waals surface area (Å²) in [4.78, 5) is 5.64. The van der Waals surface area contributed by atoms with Gasteiger partial charge in [-0.2, -0.15) is 5.10 Å². The van der Waals surface area contributed by atoms with Crippen LogP contribution in [-0.4, -0.2) is 21.2 Å². The van der Waals surface area contributed by atoms with Crippen LogP contribution in [0.2, 0.25) is 0 Å². The van der Waals surface area contributed by atoms with Crippen molar-refractivity contribution in [1.29, 1.82) is 0 Å². The maximum atomic E-state index is 5.67. The van der Waals surface area contributed by atoms with Crippen molar-refractivity contribution >= 4 is 16.3 Å². The van der Waals surface area contributed by atoms with Gasteiger partial charge in [0.2, 0.25) is 4.96 Å². The van der Waals surface area contributed by atoms with E-state index in [0.717, 1.165) is 33.4 Å². The highest BCUT2D eigenvalue weighted by atomic mass is 32.1. The van der Waals surface area contributed by atoms with Gasteiger partial charge in [0.25, 0.3) is 0 Å². The summed E-state index contributed by atoms with van der Waals surface area (Å²) in [7, 11) is 0. The number of rotatable bonds is 6. The zero-order valence-corrected chi connectivity index (χ0v) is 13.2. The second-order valence-corrected chi connectivity index (χ2v) is 5.92. The summed E-state index contributed by atoms with van der Waals surface area (Å²) in [6, 6.07) is 8.00. The number of ether oxygens (including phenoxy) is 1. The van der Waals surface area contributed by atoms with E-state index in [-0.39, 0.29) is 0 Å². The molecule has 3 rings (SSSR count). The van der Waals surface area contributed by atoms with Crippen molar-refractivity contribution in [2.45, 2.75) is 33.1 Å². The monoisotopic (exact) mass is 301 g/mol. The van der Waals surface area contributed by atoms with Crippen LogP contribution in [0.3, 0.4) is 0 Å². The molecule has 0 saturated carbocycles. The van der Waals surface area contributed by atoms with E-state index in [1.165, 1.54) is 12.8 Å². The molecule has 0 aliphatic carbocycles. The Morgan fingerprint density at radius 3 is 2.86 bits per heavy atom. The van der Waals surface area contributed by atoms with Crippen LogP contribution in [0.5, 0.6) is 5.75 Å². The fraction of sp³-hybridized carbons (Fsp3) is 0.375. The van der Waals surface area contributed by atoms with Crippen molar-refractivity contribution in [3.05, 3.63) is 35.5 Å². The fourth-order valence-corrected chi connectivity index (χ4v) is 3.18. The van der Waals surface area contributed by atoms with Crippen LogP contribution in [0.15, 0.2) is 30.5 Å². The first kappa shape index (κ1) is 14.1. The van der Waals surface area contributed by atoms with Crippen molar-refractivity contribution < 1.29 is 4.74 Å². The van der Waals surface area contributed by atoms with Gasteiger partial charge in [0.05, 0.1) is 18.5 Å². The zero-order chi connectivity index (χ0) is 14.7. The summed E-state index contributed by atoms with van der Waals surface area (Å²) in [6.45, 7) is 4.84.